The van der Waals surface area contributed by atoms with Crippen molar-refractivity contribution in [3.63, 3.8) is 0 Å². The molecule has 1 fully saturated rings. The maximum absolute atomic E-state index is 12.7. The Kier molecular flexibility index (Phi) is 9.95. The van der Waals surface area contributed by atoms with Gasteiger partial charge in [-0.3, -0.25) is 32.4 Å². The molecule has 0 saturated carbocycles. The number of ether oxygens (including phenoxy) is 1. The van der Waals surface area contributed by atoms with E-state index in [9.17, 15) is 33.3 Å². The summed E-state index contributed by atoms with van der Waals surface area (Å²) in [6.07, 6.45) is 0.154. The zero-order valence-electron chi connectivity index (χ0n) is 17.8. The predicted octanol–water partition coefficient (Wildman–Crippen LogP) is 0.608. The summed E-state index contributed by atoms with van der Waals surface area (Å²) in [6, 6.07) is 1.16. The number of aliphatic hydroxyl groups excluding tert-OH is 1. The van der Waals surface area contributed by atoms with Crippen LogP contribution in [0.1, 0.15) is 6.42 Å². The minimum absolute atomic E-state index is 0.0522. The minimum Gasteiger partial charge on any atom is -0.396 e. The van der Waals surface area contributed by atoms with Crippen LogP contribution in [0.5, 0.6) is 0 Å². The molecule has 190 valence electrons. The SMILES string of the molecule is COP(=O)(O)OP(=O)(OC)OP(=O)(OC)OC[C@H]1O[C@@H](Cn2ccc(=O)[nH]c2=O)C[C@@H]1CO. The molecule has 1 aromatic rings. The number of rotatable bonds is 13. The van der Waals surface area contributed by atoms with Crippen LogP contribution in [-0.2, 0) is 51.7 Å². The fourth-order valence-electron chi connectivity index (χ4n) is 2.83. The number of phosphoric ester groups is 2. The Morgan fingerprint density at radius 2 is 1.79 bits per heavy atom. The van der Waals surface area contributed by atoms with E-state index in [2.05, 4.69) is 27.2 Å². The van der Waals surface area contributed by atoms with Gasteiger partial charge in [-0.15, -0.1) is 0 Å². The summed E-state index contributed by atoms with van der Waals surface area (Å²) in [5.41, 5.74) is -1.20. The molecule has 0 aliphatic carbocycles. The maximum atomic E-state index is 12.7. The number of hydrogen-bond donors (Lipinski definition) is 3. The number of aliphatic hydroxyl groups is 1. The lowest BCUT2D eigenvalue weighted by Gasteiger charge is -2.23. The standard InChI is InChI=1S/C14H25N2O14P3/c1-24-31(20,21)29-33(23,26-3)30-32(22,25-2)27-9-12-10(8-17)6-11(28-12)7-16-5-4-13(18)15-14(16)19/h4-5,10-12,17H,6-9H2,1-3H3,(H,20,21)(H,15,18,19)/t10-,11-,12-,32?,33?/m1/s1. The van der Waals surface area contributed by atoms with Gasteiger partial charge in [0.1, 0.15) is 0 Å². The number of aromatic nitrogens is 2. The Morgan fingerprint density at radius 3 is 2.33 bits per heavy atom. The van der Waals surface area contributed by atoms with Gasteiger partial charge < -0.3 is 14.7 Å². The van der Waals surface area contributed by atoms with Crippen molar-refractivity contribution in [3.05, 3.63) is 33.1 Å². The van der Waals surface area contributed by atoms with Gasteiger partial charge in [0.25, 0.3) is 5.56 Å². The summed E-state index contributed by atoms with van der Waals surface area (Å²) in [5.74, 6) is -0.504. The van der Waals surface area contributed by atoms with E-state index in [4.69, 9.17) is 9.26 Å². The Hall–Kier alpha value is -0.990. The van der Waals surface area contributed by atoms with Gasteiger partial charge in [0, 0.05) is 46.1 Å². The van der Waals surface area contributed by atoms with Gasteiger partial charge in [0.05, 0.1) is 25.4 Å². The Balaban J connectivity index is 2.06. The summed E-state index contributed by atoms with van der Waals surface area (Å²) in [4.78, 5) is 34.5. The molecule has 1 aliphatic rings. The third kappa shape index (κ3) is 8.03. The van der Waals surface area contributed by atoms with Crippen molar-refractivity contribution in [2.75, 3.05) is 34.5 Å². The number of nitrogens with one attached hydrogen (secondary N) is 1. The summed E-state index contributed by atoms with van der Waals surface area (Å²) in [6.45, 7) is -0.779. The van der Waals surface area contributed by atoms with Gasteiger partial charge in [0.2, 0.25) is 0 Å². The second kappa shape index (κ2) is 11.6. The first-order valence-corrected chi connectivity index (χ1v) is 13.6. The number of H-pyrrole nitrogens is 1. The van der Waals surface area contributed by atoms with Crippen LogP contribution in [-0.4, -0.2) is 66.3 Å². The van der Waals surface area contributed by atoms with E-state index in [-0.39, 0.29) is 19.6 Å². The first-order valence-electron chi connectivity index (χ1n) is 9.21. The van der Waals surface area contributed by atoms with Gasteiger partial charge in [0.15, 0.2) is 0 Å². The summed E-state index contributed by atoms with van der Waals surface area (Å²) < 4.78 is 70.8. The average molecular weight is 538 g/mol. The summed E-state index contributed by atoms with van der Waals surface area (Å²) >= 11 is 0. The minimum atomic E-state index is -4.94. The molecular formula is C14H25N2O14P3. The number of aromatic amines is 1. The van der Waals surface area contributed by atoms with Gasteiger partial charge in [-0.1, -0.05) is 0 Å². The van der Waals surface area contributed by atoms with E-state index in [1.54, 1.807) is 0 Å². The molecule has 6 atom stereocenters. The average Bonchev–Trinajstić information content (AvgIpc) is 3.15. The molecule has 19 heteroatoms. The van der Waals surface area contributed by atoms with Crippen LogP contribution >= 0.6 is 23.5 Å². The molecule has 2 heterocycles. The lowest BCUT2D eigenvalue weighted by Crippen LogP contribution is -2.32. The molecule has 0 amide bonds. The van der Waals surface area contributed by atoms with Crippen LogP contribution in [0.25, 0.3) is 0 Å². The quantitative estimate of drug-likeness (QED) is 0.294. The van der Waals surface area contributed by atoms with Crippen LogP contribution in [0.15, 0.2) is 21.9 Å². The molecule has 0 bridgehead atoms. The van der Waals surface area contributed by atoms with Crippen molar-refractivity contribution in [2.45, 2.75) is 25.2 Å². The predicted molar refractivity (Wildman–Crippen MR) is 109 cm³/mol. The Bertz CT molecular complexity index is 1060. The lowest BCUT2D eigenvalue weighted by molar-refractivity contribution is -0.0139. The summed E-state index contributed by atoms with van der Waals surface area (Å²) in [5, 5.41) is 9.64. The second-order valence-electron chi connectivity index (χ2n) is 6.61. The molecule has 33 heavy (non-hydrogen) atoms. The van der Waals surface area contributed by atoms with Crippen LogP contribution < -0.4 is 11.2 Å². The van der Waals surface area contributed by atoms with E-state index >= 15 is 0 Å². The maximum Gasteiger partial charge on any atom is 0.492 e. The van der Waals surface area contributed by atoms with E-state index < -0.39 is 59.4 Å². The molecule has 1 saturated heterocycles. The topological polar surface area (TPSA) is 211 Å². The van der Waals surface area contributed by atoms with E-state index in [0.29, 0.717) is 0 Å². The highest BCUT2D eigenvalue weighted by Crippen LogP contribution is 2.71. The number of nitrogens with zero attached hydrogens (tertiary/aromatic N) is 1. The first kappa shape index (κ1) is 28.2. The normalized spacial score (nSPS) is 26.4. The van der Waals surface area contributed by atoms with Crippen molar-refractivity contribution in [1.82, 2.24) is 9.55 Å². The molecule has 2 rings (SSSR count). The van der Waals surface area contributed by atoms with E-state index in [1.165, 1.54) is 10.8 Å². The van der Waals surface area contributed by atoms with Crippen molar-refractivity contribution in [1.29, 1.82) is 0 Å². The molecule has 0 radical (unpaired) electrons. The van der Waals surface area contributed by atoms with Gasteiger partial charge in [-0.05, 0) is 6.42 Å². The third-order valence-electron chi connectivity index (χ3n) is 4.47. The van der Waals surface area contributed by atoms with Crippen molar-refractivity contribution in [2.24, 2.45) is 5.92 Å². The first-order chi connectivity index (χ1) is 15.4. The molecule has 3 unspecified atom stereocenters. The third-order valence-corrected chi connectivity index (χ3v) is 9.52. The highest BCUT2D eigenvalue weighted by atomic mass is 31.3. The fourth-order valence-corrected chi connectivity index (χ4v) is 6.90. The lowest BCUT2D eigenvalue weighted by atomic mass is 10.0. The molecule has 1 aliphatic heterocycles. The zero-order chi connectivity index (χ0) is 24.9. The van der Waals surface area contributed by atoms with Gasteiger partial charge in [-0.2, -0.15) is 8.62 Å². The van der Waals surface area contributed by atoms with Gasteiger partial charge in [-0.25, -0.2) is 18.5 Å². The van der Waals surface area contributed by atoms with Crippen molar-refractivity contribution >= 4 is 23.5 Å². The Labute approximate surface area is 187 Å². The fraction of sp³-hybridized carbons (Fsp3) is 0.714. The van der Waals surface area contributed by atoms with E-state index in [1.807, 2.05) is 0 Å². The highest BCUT2D eigenvalue weighted by molar-refractivity contribution is 7.67. The largest absolute Gasteiger partial charge is 0.492 e. The second-order valence-corrected chi connectivity index (χ2v) is 12.0. The monoisotopic (exact) mass is 538 g/mol. The number of phosphoric acid groups is 3. The summed E-state index contributed by atoms with van der Waals surface area (Å²) in [7, 11) is -12.0. The van der Waals surface area contributed by atoms with Crippen LogP contribution in [0.3, 0.4) is 0 Å². The molecule has 0 spiro atoms. The van der Waals surface area contributed by atoms with Crippen LogP contribution in [0.4, 0.5) is 0 Å². The number of hydrogen-bond acceptors (Lipinski definition) is 13. The zero-order valence-corrected chi connectivity index (χ0v) is 20.5. The van der Waals surface area contributed by atoms with Crippen LogP contribution in [0, 0.1) is 5.92 Å². The smallest absolute Gasteiger partial charge is 0.396 e. The molecular weight excluding hydrogens is 513 g/mol. The van der Waals surface area contributed by atoms with Crippen molar-refractivity contribution < 1.29 is 55.1 Å². The van der Waals surface area contributed by atoms with E-state index in [0.717, 1.165) is 27.4 Å². The van der Waals surface area contributed by atoms with Gasteiger partial charge >= 0.3 is 29.2 Å². The Morgan fingerprint density at radius 1 is 1.12 bits per heavy atom. The molecule has 16 nitrogen and oxygen atoms in total. The molecule has 3 N–H and O–H groups in total. The molecule has 0 aromatic carbocycles. The highest BCUT2D eigenvalue weighted by Gasteiger charge is 2.46. The molecule has 1 aromatic heterocycles. The van der Waals surface area contributed by atoms with Crippen molar-refractivity contribution in [3.8, 4) is 0 Å². The van der Waals surface area contributed by atoms with Crippen LogP contribution in [0.2, 0.25) is 0 Å².